The monoisotopic (exact) mass is 254 g/mol. The van der Waals surface area contributed by atoms with Crippen molar-refractivity contribution in [2.45, 2.75) is 13.2 Å². The second-order valence-electron chi connectivity index (χ2n) is 3.46. The van der Waals surface area contributed by atoms with Gasteiger partial charge in [0, 0.05) is 17.1 Å². The quantitative estimate of drug-likeness (QED) is 0.760. The molecule has 0 aliphatic carbocycles. The summed E-state index contributed by atoms with van der Waals surface area (Å²) >= 11 is 0. The summed E-state index contributed by atoms with van der Waals surface area (Å²) in [7, 11) is 0. The normalized spacial score (nSPS) is 9.50. The Kier molecular flexibility index (Phi) is 5.87. The van der Waals surface area contributed by atoms with Gasteiger partial charge in [-0.2, -0.15) is 0 Å². The van der Waals surface area contributed by atoms with Gasteiger partial charge in [0.1, 0.15) is 0 Å². The van der Waals surface area contributed by atoms with Crippen molar-refractivity contribution in [3.63, 3.8) is 0 Å². The Hall–Kier alpha value is -1.08. The van der Waals surface area contributed by atoms with E-state index in [1.165, 1.54) is 11.1 Å². The van der Waals surface area contributed by atoms with Gasteiger partial charge in [-0.1, -0.05) is 60.7 Å². The Morgan fingerprint density at radius 2 is 1.00 bits per heavy atom. The number of hydrogen-bond acceptors (Lipinski definition) is 1. The fraction of sp³-hybridized carbons (Fsp3) is 0.143. The van der Waals surface area contributed by atoms with E-state index in [2.05, 4.69) is 24.3 Å². The molecule has 0 saturated carbocycles. The predicted octanol–water partition coefficient (Wildman–Crippen LogP) is 3.40. The van der Waals surface area contributed by atoms with Crippen molar-refractivity contribution >= 4 is 0 Å². The molecule has 0 aliphatic rings. The van der Waals surface area contributed by atoms with Crippen LogP contribution in [0.15, 0.2) is 60.7 Å². The third kappa shape index (κ3) is 4.19. The Bertz CT molecular complexity index is 346. The number of rotatable bonds is 4. The Labute approximate surface area is 107 Å². The van der Waals surface area contributed by atoms with Gasteiger partial charge in [0.05, 0.1) is 13.2 Å². The van der Waals surface area contributed by atoms with Gasteiger partial charge in [-0.3, -0.25) is 0 Å². The van der Waals surface area contributed by atoms with E-state index >= 15 is 0 Å². The first-order valence-electron chi connectivity index (χ1n) is 5.11. The van der Waals surface area contributed by atoms with Crippen LogP contribution >= 0.6 is 0 Å². The molecule has 84 valence electrons. The largest absolute Gasteiger partial charge is 0.372 e. The van der Waals surface area contributed by atoms with Crippen LogP contribution in [0.5, 0.6) is 0 Å². The number of hydrogen-bond donors (Lipinski definition) is 0. The van der Waals surface area contributed by atoms with Gasteiger partial charge in [0.15, 0.2) is 0 Å². The van der Waals surface area contributed by atoms with Gasteiger partial charge >= 0.3 is 0 Å². The van der Waals surface area contributed by atoms with Crippen LogP contribution in [0.2, 0.25) is 0 Å². The molecule has 0 atom stereocenters. The zero-order valence-corrected chi connectivity index (χ0v) is 10.1. The van der Waals surface area contributed by atoms with E-state index in [4.69, 9.17) is 4.74 Å². The van der Waals surface area contributed by atoms with Crippen molar-refractivity contribution in [1.82, 2.24) is 0 Å². The molecule has 0 aromatic heterocycles. The molecule has 0 saturated heterocycles. The van der Waals surface area contributed by atoms with Gasteiger partial charge in [0.2, 0.25) is 0 Å². The molecule has 16 heavy (non-hydrogen) atoms. The SMILES string of the molecule is [Fe].c1ccc(COCc2ccccc2)cc1. The second kappa shape index (κ2) is 7.24. The molecule has 2 aromatic carbocycles. The van der Waals surface area contributed by atoms with Crippen LogP contribution in [0.25, 0.3) is 0 Å². The molecule has 0 heterocycles. The van der Waals surface area contributed by atoms with Crippen LogP contribution in [0, 0.1) is 0 Å². The van der Waals surface area contributed by atoms with E-state index < -0.39 is 0 Å². The van der Waals surface area contributed by atoms with E-state index in [0.29, 0.717) is 13.2 Å². The molecule has 0 unspecified atom stereocenters. The summed E-state index contributed by atoms with van der Waals surface area (Å²) in [6.45, 7) is 1.35. The topological polar surface area (TPSA) is 9.23 Å². The second-order valence-corrected chi connectivity index (χ2v) is 3.46. The first kappa shape index (κ1) is 13.0. The van der Waals surface area contributed by atoms with Crippen molar-refractivity contribution in [2.24, 2.45) is 0 Å². The first-order valence-corrected chi connectivity index (χ1v) is 5.11. The minimum atomic E-state index is 0. The molecule has 0 aliphatic heterocycles. The van der Waals surface area contributed by atoms with Crippen molar-refractivity contribution in [2.75, 3.05) is 0 Å². The minimum absolute atomic E-state index is 0. The molecule has 0 amide bonds. The summed E-state index contributed by atoms with van der Waals surface area (Å²) in [5, 5.41) is 0. The summed E-state index contributed by atoms with van der Waals surface area (Å²) in [6.07, 6.45) is 0. The molecule has 2 rings (SSSR count). The van der Waals surface area contributed by atoms with Crippen molar-refractivity contribution in [3.05, 3.63) is 71.8 Å². The fourth-order valence-corrected chi connectivity index (χ4v) is 1.44. The molecular weight excluding hydrogens is 240 g/mol. The summed E-state index contributed by atoms with van der Waals surface area (Å²) in [6, 6.07) is 20.4. The van der Waals surface area contributed by atoms with Gasteiger partial charge < -0.3 is 4.74 Å². The first-order chi connectivity index (χ1) is 7.45. The molecule has 0 fully saturated rings. The predicted molar refractivity (Wildman–Crippen MR) is 61.4 cm³/mol. The molecular formula is C14H14FeO. The van der Waals surface area contributed by atoms with E-state index in [1.54, 1.807) is 0 Å². The Morgan fingerprint density at radius 1 is 0.625 bits per heavy atom. The summed E-state index contributed by atoms with van der Waals surface area (Å²) in [4.78, 5) is 0. The average Bonchev–Trinajstić information content (AvgIpc) is 2.32. The average molecular weight is 254 g/mol. The maximum Gasteiger partial charge on any atom is 0.0721 e. The van der Waals surface area contributed by atoms with E-state index in [-0.39, 0.29) is 17.1 Å². The third-order valence-electron chi connectivity index (χ3n) is 2.22. The van der Waals surface area contributed by atoms with Gasteiger partial charge in [-0.05, 0) is 11.1 Å². The molecule has 2 aromatic rings. The van der Waals surface area contributed by atoms with Crippen LogP contribution in [0.4, 0.5) is 0 Å². The van der Waals surface area contributed by atoms with Crippen LogP contribution in [0.3, 0.4) is 0 Å². The Balaban J connectivity index is 0.00000128. The third-order valence-corrected chi connectivity index (χ3v) is 2.22. The van der Waals surface area contributed by atoms with Crippen molar-refractivity contribution in [3.8, 4) is 0 Å². The zero-order valence-electron chi connectivity index (χ0n) is 8.95. The summed E-state index contributed by atoms with van der Waals surface area (Å²) in [5.41, 5.74) is 2.43. The Morgan fingerprint density at radius 3 is 1.38 bits per heavy atom. The molecule has 0 radical (unpaired) electrons. The number of ether oxygens (including phenoxy) is 1. The maximum atomic E-state index is 5.61. The summed E-state index contributed by atoms with van der Waals surface area (Å²) in [5.74, 6) is 0. The smallest absolute Gasteiger partial charge is 0.0721 e. The van der Waals surface area contributed by atoms with E-state index in [1.807, 2.05) is 36.4 Å². The molecule has 0 bridgehead atoms. The van der Waals surface area contributed by atoms with Crippen LogP contribution in [-0.4, -0.2) is 0 Å². The van der Waals surface area contributed by atoms with Gasteiger partial charge in [-0.15, -0.1) is 0 Å². The van der Waals surface area contributed by atoms with Crippen LogP contribution in [-0.2, 0) is 35.0 Å². The van der Waals surface area contributed by atoms with Gasteiger partial charge in [0.25, 0.3) is 0 Å². The standard InChI is InChI=1S/C14H14O.Fe/c1-3-7-13(8-4-1)11-15-12-14-9-5-2-6-10-14;/h1-10H,11-12H2;. The van der Waals surface area contributed by atoms with E-state index in [9.17, 15) is 0 Å². The van der Waals surface area contributed by atoms with Crippen molar-refractivity contribution in [1.29, 1.82) is 0 Å². The molecule has 1 nitrogen and oxygen atoms in total. The molecule has 0 spiro atoms. The summed E-state index contributed by atoms with van der Waals surface area (Å²) < 4.78 is 5.61. The van der Waals surface area contributed by atoms with Gasteiger partial charge in [-0.25, -0.2) is 0 Å². The zero-order chi connectivity index (χ0) is 10.3. The fourth-order valence-electron chi connectivity index (χ4n) is 1.44. The van der Waals surface area contributed by atoms with Crippen molar-refractivity contribution < 1.29 is 21.8 Å². The van der Waals surface area contributed by atoms with Crippen LogP contribution < -0.4 is 0 Å². The van der Waals surface area contributed by atoms with Crippen LogP contribution in [0.1, 0.15) is 11.1 Å². The maximum absolute atomic E-state index is 5.61. The molecule has 2 heteroatoms. The number of benzene rings is 2. The minimum Gasteiger partial charge on any atom is -0.372 e. The van der Waals surface area contributed by atoms with E-state index in [0.717, 1.165) is 0 Å². The molecule has 0 N–H and O–H groups in total.